The highest BCUT2D eigenvalue weighted by molar-refractivity contribution is 7.92. The average molecular weight is 481 g/mol. The summed E-state index contributed by atoms with van der Waals surface area (Å²) in [5.41, 5.74) is 1.15. The van der Waals surface area contributed by atoms with Gasteiger partial charge in [0.2, 0.25) is 5.91 Å². The number of amides is 1. The highest BCUT2D eigenvalue weighted by Crippen LogP contribution is 2.34. The highest BCUT2D eigenvalue weighted by Gasteiger charge is 2.29. The monoisotopic (exact) mass is 480 g/mol. The molecule has 0 saturated heterocycles. The quantitative estimate of drug-likeness (QED) is 0.454. The lowest BCUT2D eigenvalue weighted by atomic mass is 9.99. The number of carbonyl (C=O) groups excluding carboxylic acids is 1. The minimum Gasteiger partial charge on any atom is -0.495 e. The molecule has 0 aliphatic carbocycles. The third kappa shape index (κ3) is 6.87. The van der Waals surface area contributed by atoms with Crippen LogP contribution in [0.3, 0.4) is 0 Å². The van der Waals surface area contributed by atoms with Crippen molar-refractivity contribution in [2.24, 2.45) is 5.92 Å². The van der Waals surface area contributed by atoms with Gasteiger partial charge in [0.05, 0.1) is 17.7 Å². The fraction of sp³-hybridized carbons (Fsp3) is 0.458. The zero-order chi connectivity index (χ0) is 23.7. The maximum atomic E-state index is 13.5. The van der Waals surface area contributed by atoms with Crippen LogP contribution >= 0.6 is 11.6 Å². The fourth-order valence-corrected chi connectivity index (χ4v) is 4.97. The number of aryl methyl sites for hydroxylation is 1. The Morgan fingerprint density at radius 1 is 1.16 bits per heavy atom. The zero-order valence-corrected chi connectivity index (χ0v) is 20.8. The number of unbranched alkanes of at least 4 members (excludes halogenated alkanes) is 1. The molecule has 0 unspecified atom stereocenters. The summed E-state index contributed by atoms with van der Waals surface area (Å²) >= 11 is 6.16. The van der Waals surface area contributed by atoms with Crippen molar-refractivity contribution in [3.05, 3.63) is 53.1 Å². The molecule has 0 spiro atoms. The number of sulfonamides is 1. The summed E-state index contributed by atoms with van der Waals surface area (Å²) in [6.07, 6.45) is 4.18. The summed E-state index contributed by atoms with van der Waals surface area (Å²) in [5.74, 6) is 0.298. The molecular formula is C24H33ClN2O4S. The Balaban J connectivity index is 2.36. The predicted molar refractivity (Wildman–Crippen MR) is 130 cm³/mol. The van der Waals surface area contributed by atoms with Crippen molar-refractivity contribution < 1.29 is 17.9 Å². The molecule has 2 rings (SSSR count). The Kier molecular flexibility index (Phi) is 9.84. The second kappa shape index (κ2) is 12.1. The van der Waals surface area contributed by atoms with Crippen LogP contribution in [-0.2, 0) is 14.8 Å². The molecule has 0 radical (unpaired) electrons. The molecule has 0 heterocycles. The number of benzene rings is 2. The average Bonchev–Trinajstić information content (AvgIpc) is 2.77. The second-order valence-electron chi connectivity index (χ2n) is 7.86. The van der Waals surface area contributed by atoms with Gasteiger partial charge in [0.1, 0.15) is 12.3 Å². The Hall–Kier alpha value is -2.25. The van der Waals surface area contributed by atoms with E-state index in [4.69, 9.17) is 16.3 Å². The Bertz CT molecular complexity index is 994. The van der Waals surface area contributed by atoms with E-state index in [9.17, 15) is 13.2 Å². The van der Waals surface area contributed by atoms with Crippen molar-refractivity contribution in [2.45, 2.75) is 51.3 Å². The summed E-state index contributed by atoms with van der Waals surface area (Å²) in [6, 6.07) is 11.2. The topological polar surface area (TPSA) is 75.7 Å². The van der Waals surface area contributed by atoms with Gasteiger partial charge in [-0.2, -0.15) is 0 Å². The van der Waals surface area contributed by atoms with E-state index in [1.54, 1.807) is 24.3 Å². The first-order valence-corrected chi connectivity index (χ1v) is 12.7. The van der Waals surface area contributed by atoms with E-state index in [0.29, 0.717) is 23.2 Å². The molecule has 6 nitrogen and oxygen atoms in total. The minimum atomic E-state index is -4.04. The van der Waals surface area contributed by atoms with Crippen molar-refractivity contribution in [1.82, 2.24) is 5.32 Å². The molecule has 0 aliphatic heterocycles. The van der Waals surface area contributed by atoms with Gasteiger partial charge in [0, 0.05) is 11.6 Å². The molecule has 2 aromatic rings. The normalized spacial score (nSPS) is 12.3. The summed E-state index contributed by atoms with van der Waals surface area (Å²) in [7, 11) is -2.59. The number of anilines is 1. The largest absolute Gasteiger partial charge is 0.495 e. The van der Waals surface area contributed by atoms with Gasteiger partial charge in [-0.3, -0.25) is 9.10 Å². The maximum absolute atomic E-state index is 13.5. The molecule has 0 aliphatic rings. The molecule has 0 fully saturated rings. The number of carbonyl (C=O) groups is 1. The first-order chi connectivity index (χ1) is 15.2. The lowest BCUT2D eigenvalue weighted by Crippen LogP contribution is -2.42. The molecule has 2 aromatic carbocycles. The van der Waals surface area contributed by atoms with Gasteiger partial charge in [0.15, 0.2) is 0 Å². The van der Waals surface area contributed by atoms with E-state index in [1.165, 1.54) is 25.3 Å². The van der Waals surface area contributed by atoms with Crippen molar-refractivity contribution in [1.29, 1.82) is 0 Å². The van der Waals surface area contributed by atoms with Crippen LogP contribution in [0.25, 0.3) is 0 Å². The maximum Gasteiger partial charge on any atom is 0.264 e. The summed E-state index contributed by atoms with van der Waals surface area (Å²) < 4.78 is 33.5. The van der Waals surface area contributed by atoms with Gasteiger partial charge in [-0.25, -0.2) is 8.42 Å². The minimum absolute atomic E-state index is 0.0901. The first kappa shape index (κ1) is 26.0. The van der Waals surface area contributed by atoms with E-state index in [0.717, 1.165) is 35.6 Å². The second-order valence-corrected chi connectivity index (χ2v) is 10.2. The summed E-state index contributed by atoms with van der Waals surface area (Å²) in [6.45, 7) is 6.25. The number of methoxy groups -OCH3 is 1. The number of rotatable bonds is 12. The van der Waals surface area contributed by atoms with Crippen molar-refractivity contribution in [3.8, 4) is 5.75 Å². The summed E-state index contributed by atoms with van der Waals surface area (Å²) in [5, 5.41) is 3.25. The van der Waals surface area contributed by atoms with Gasteiger partial charge in [0.25, 0.3) is 10.0 Å². The van der Waals surface area contributed by atoms with Gasteiger partial charge in [-0.05, 0) is 49.6 Å². The summed E-state index contributed by atoms with van der Waals surface area (Å²) in [4.78, 5) is 12.9. The van der Waals surface area contributed by atoms with Gasteiger partial charge in [-0.15, -0.1) is 0 Å². The van der Waals surface area contributed by atoms with Gasteiger partial charge >= 0.3 is 0 Å². The standard InChI is InChI=1S/C24H33ClN2O4S/c1-5-7-8-19(6-2)16-26-24(28)17-27(22-15-20(25)11-14-23(22)31-4)32(29,30)21-12-9-18(3)10-13-21/h9-15,19H,5-8,16-17H2,1-4H3,(H,26,28)/t19-/m1/s1. The van der Waals surface area contributed by atoms with Crippen LogP contribution < -0.4 is 14.4 Å². The van der Waals surface area contributed by atoms with Crippen LogP contribution in [0.4, 0.5) is 5.69 Å². The van der Waals surface area contributed by atoms with E-state index < -0.39 is 10.0 Å². The van der Waals surface area contributed by atoms with Crippen LogP contribution in [0.5, 0.6) is 5.75 Å². The third-order valence-electron chi connectivity index (χ3n) is 5.44. The third-order valence-corrected chi connectivity index (χ3v) is 7.45. The number of hydrogen-bond acceptors (Lipinski definition) is 4. The Morgan fingerprint density at radius 3 is 2.44 bits per heavy atom. The molecule has 1 N–H and O–H groups in total. The molecule has 8 heteroatoms. The zero-order valence-electron chi connectivity index (χ0n) is 19.2. The van der Waals surface area contributed by atoms with E-state index in [1.807, 2.05) is 6.92 Å². The molecule has 0 saturated carbocycles. The molecule has 1 atom stereocenters. The Morgan fingerprint density at radius 2 is 1.84 bits per heavy atom. The molecule has 0 bridgehead atoms. The van der Waals surface area contributed by atoms with Gasteiger partial charge in [-0.1, -0.05) is 62.4 Å². The van der Waals surface area contributed by atoms with Gasteiger partial charge < -0.3 is 10.1 Å². The van der Waals surface area contributed by atoms with Crippen molar-refractivity contribution in [3.63, 3.8) is 0 Å². The lowest BCUT2D eigenvalue weighted by Gasteiger charge is -2.26. The van der Waals surface area contributed by atoms with Crippen LogP contribution in [-0.4, -0.2) is 34.5 Å². The number of nitrogens with zero attached hydrogens (tertiary/aromatic N) is 1. The molecule has 176 valence electrons. The van der Waals surface area contributed by atoms with E-state index >= 15 is 0 Å². The van der Waals surface area contributed by atoms with Crippen LogP contribution in [0, 0.1) is 12.8 Å². The smallest absolute Gasteiger partial charge is 0.264 e. The first-order valence-electron chi connectivity index (χ1n) is 10.9. The highest BCUT2D eigenvalue weighted by atomic mass is 35.5. The van der Waals surface area contributed by atoms with Crippen LogP contribution in [0.1, 0.15) is 45.1 Å². The van der Waals surface area contributed by atoms with Crippen LogP contribution in [0.15, 0.2) is 47.4 Å². The fourth-order valence-electron chi connectivity index (χ4n) is 3.38. The molecule has 0 aromatic heterocycles. The van der Waals surface area contributed by atoms with Crippen molar-refractivity contribution >= 4 is 33.2 Å². The van der Waals surface area contributed by atoms with E-state index in [-0.39, 0.29) is 23.0 Å². The lowest BCUT2D eigenvalue weighted by molar-refractivity contribution is -0.119. The predicted octanol–water partition coefficient (Wildman–Crippen LogP) is 5.18. The number of ether oxygens (including phenoxy) is 1. The van der Waals surface area contributed by atoms with Crippen molar-refractivity contribution in [2.75, 3.05) is 24.5 Å². The Labute approximate surface area is 197 Å². The SMILES string of the molecule is CCCC[C@@H](CC)CNC(=O)CN(c1cc(Cl)ccc1OC)S(=O)(=O)c1ccc(C)cc1. The van der Waals surface area contributed by atoms with Crippen LogP contribution in [0.2, 0.25) is 5.02 Å². The molecular weight excluding hydrogens is 448 g/mol. The number of hydrogen-bond donors (Lipinski definition) is 1. The van der Waals surface area contributed by atoms with E-state index in [2.05, 4.69) is 19.2 Å². The number of nitrogens with one attached hydrogen (secondary N) is 1. The molecule has 1 amide bonds. The molecule has 32 heavy (non-hydrogen) atoms. The number of halogens is 1.